The van der Waals surface area contributed by atoms with E-state index in [-0.39, 0.29) is 22.9 Å². The third kappa shape index (κ3) is 4.62. The van der Waals surface area contributed by atoms with E-state index >= 15 is 0 Å². The number of pyridine rings is 2. The molecule has 4 heterocycles. The van der Waals surface area contributed by atoms with Crippen LogP contribution in [0.25, 0.3) is 34.1 Å². The van der Waals surface area contributed by atoms with E-state index in [1.165, 1.54) is 12.1 Å². The van der Waals surface area contributed by atoms with Crippen LogP contribution < -0.4 is 16.8 Å². The van der Waals surface area contributed by atoms with Crippen molar-refractivity contribution in [3.05, 3.63) is 108 Å². The third-order valence-corrected chi connectivity index (χ3v) is 7.65. The molecule has 7 rings (SSSR count). The second-order valence-electron chi connectivity index (χ2n) is 10.3. The average molecular weight is 578 g/mol. The summed E-state index contributed by atoms with van der Waals surface area (Å²) in [7, 11) is 0. The number of hydrogen-bond donors (Lipinski definition) is 3. The number of imidazole rings is 1. The van der Waals surface area contributed by atoms with E-state index in [0.29, 0.717) is 40.6 Å². The number of amides is 1. The molecule has 0 fully saturated rings. The van der Waals surface area contributed by atoms with Gasteiger partial charge in [0.2, 0.25) is 0 Å². The summed E-state index contributed by atoms with van der Waals surface area (Å²) in [5.41, 5.74) is 17.0. The normalized spacial score (nSPS) is 14.3. The number of alkyl halides is 2. The zero-order valence-electron chi connectivity index (χ0n) is 22.7. The van der Waals surface area contributed by atoms with Gasteiger partial charge in [-0.3, -0.25) is 9.36 Å². The zero-order valence-corrected chi connectivity index (χ0v) is 22.7. The first-order valence-corrected chi connectivity index (χ1v) is 13.6. The number of hydrogen-bond acceptors (Lipinski definition) is 7. The van der Waals surface area contributed by atoms with Gasteiger partial charge in [-0.1, -0.05) is 12.1 Å². The summed E-state index contributed by atoms with van der Waals surface area (Å²) in [6.07, 6.45) is 3.87. The molecule has 0 bridgehead atoms. The number of aryl methyl sites for hydroxylation is 1. The van der Waals surface area contributed by atoms with E-state index < -0.39 is 12.3 Å². The van der Waals surface area contributed by atoms with Crippen LogP contribution in [0.1, 0.15) is 45.9 Å². The van der Waals surface area contributed by atoms with Gasteiger partial charge >= 0.3 is 0 Å². The number of halogens is 2. The average Bonchev–Trinajstić information content (AvgIpc) is 3.76. The Kier molecular flexibility index (Phi) is 6.30. The van der Waals surface area contributed by atoms with Crippen LogP contribution in [-0.2, 0) is 6.42 Å². The van der Waals surface area contributed by atoms with Crippen molar-refractivity contribution in [1.29, 1.82) is 0 Å². The van der Waals surface area contributed by atoms with Crippen LogP contribution in [0.4, 0.5) is 20.3 Å². The maximum atomic E-state index is 13.1. The standard InChI is InChI=1S/C31H25F2N9O/c32-27(33)18-4-7-21(23(34)16-18)31(43)39-24-9-5-17-15-19(6-8-20(17)24)42-29(22-3-1-12-36-28(22)35)38-25-10-11-26(40-30(25)42)41-14-2-13-37-41/h1-4,6-8,10-16,24,27H,5,9,34H2,(H2,35,36)(H,39,43)/t24-/m0/s1. The molecule has 1 aliphatic carbocycles. The highest BCUT2D eigenvalue weighted by Gasteiger charge is 2.27. The summed E-state index contributed by atoms with van der Waals surface area (Å²) < 4.78 is 29.7. The van der Waals surface area contributed by atoms with Crippen LogP contribution in [0.3, 0.4) is 0 Å². The van der Waals surface area contributed by atoms with Crippen molar-refractivity contribution in [2.24, 2.45) is 0 Å². The largest absolute Gasteiger partial charge is 0.398 e. The van der Waals surface area contributed by atoms with Crippen LogP contribution in [-0.4, -0.2) is 35.2 Å². The van der Waals surface area contributed by atoms with Gasteiger partial charge in [-0.25, -0.2) is 28.4 Å². The number of carbonyl (C=O) groups is 1. The summed E-state index contributed by atoms with van der Waals surface area (Å²) in [5.74, 6) is 1.16. The molecule has 10 nitrogen and oxygen atoms in total. The van der Waals surface area contributed by atoms with Crippen molar-refractivity contribution >= 4 is 28.6 Å². The van der Waals surface area contributed by atoms with E-state index in [4.69, 9.17) is 21.4 Å². The van der Waals surface area contributed by atoms with Crippen LogP contribution in [0, 0.1) is 0 Å². The molecule has 12 heteroatoms. The lowest BCUT2D eigenvalue weighted by Crippen LogP contribution is -2.27. The Bertz CT molecular complexity index is 2000. The number of benzene rings is 2. The van der Waals surface area contributed by atoms with Gasteiger partial charge in [-0.15, -0.1) is 0 Å². The Balaban J connectivity index is 1.27. The molecule has 0 unspecified atom stereocenters. The zero-order chi connectivity index (χ0) is 29.7. The maximum absolute atomic E-state index is 13.1. The monoisotopic (exact) mass is 577 g/mol. The molecule has 1 aliphatic rings. The van der Waals surface area contributed by atoms with Crippen molar-refractivity contribution in [1.82, 2.24) is 34.6 Å². The molecule has 0 aliphatic heterocycles. The van der Waals surface area contributed by atoms with Gasteiger partial charge < -0.3 is 16.8 Å². The van der Waals surface area contributed by atoms with Crippen LogP contribution in [0.5, 0.6) is 0 Å². The molecule has 1 atom stereocenters. The molecule has 1 amide bonds. The summed E-state index contributed by atoms with van der Waals surface area (Å²) in [4.78, 5) is 27.1. The maximum Gasteiger partial charge on any atom is 0.263 e. The van der Waals surface area contributed by atoms with Crippen molar-refractivity contribution in [3.63, 3.8) is 0 Å². The number of nitrogens with zero attached hydrogens (tertiary/aromatic N) is 6. The summed E-state index contributed by atoms with van der Waals surface area (Å²) in [6.45, 7) is 0. The molecule has 0 radical (unpaired) electrons. The number of rotatable bonds is 6. The predicted octanol–water partition coefficient (Wildman–Crippen LogP) is 5.19. The molecular formula is C31H25F2N9O. The highest BCUT2D eigenvalue weighted by Crippen LogP contribution is 2.36. The van der Waals surface area contributed by atoms with Gasteiger partial charge in [0.15, 0.2) is 17.3 Å². The molecule has 214 valence electrons. The fourth-order valence-corrected chi connectivity index (χ4v) is 5.56. The van der Waals surface area contributed by atoms with Crippen molar-refractivity contribution < 1.29 is 13.6 Å². The van der Waals surface area contributed by atoms with Crippen molar-refractivity contribution in [2.75, 3.05) is 11.5 Å². The van der Waals surface area contributed by atoms with Gasteiger partial charge in [-0.05, 0) is 78.6 Å². The lowest BCUT2D eigenvalue weighted by molar-refractivity contribution is 0.0937. The minimum absolute atomic E-state index is 0.0139. The van der Waals surface area contributed by atoms with Gasteiger partial charge in [0.1, 0.15) is 11.3 Å². The van der Waals surface area contributed by atoms with Gasteiger partial charge in [-0.2, -0.15) is 5.10 Å². The van der Waals surface area contributed by atoms with E-state index in [0.717, 1.165) is 29.3 Å². The molecule has 2 aromatic carbocycles. The van der Waals surface area contributed by atoms with Crippen molar-refractivity contribution in [3.8, 4) is 22.9 Å². The Morgan fingerprint density at radius 1 is 1.00 bits per heavy atom. The summed E-state index contributed by atoms with van der Waals surface area (Å²) in [6, 6.07) is 18.7. The van der Waals surface area contributed by atoms with Crippen molar-refractivity contribution in [2.45, 2.75) is 25.3 Å². The quantitative estimate of drug-likeness (QED) is 0.231. The summed E-state index contributed by atoms with van der Waals surface area (Å²) >= 11 is 0. The molecule has 43 heavy (non-hydrogen) atoms. The van der Waals surface area contributed by atoms with Gasteiger partial charge in [0.05, 0.1) is 17.2 Å². The molecule has 4 aromatic heterocycles. The second-order valence-corrected chi connectivity index (χ2v) is 10.3. The predicted molar refractivity (Wildman–Crippen MR) is 158 cm³/mol. The number of anilines is 2. The Hall–Kier alpha value is -5.65. The first kappa shape index (κ1) is 26.3. The third-order valence-electron chi connectivity index (χ3n) is 7.65. The number of fused-ring (bicyclic) bond motifs is 2. The highest BCUT2D eigenvalue weighted by molar-refractivity contribution is 5.99. The van der Waals surface area contributed by atoms with Crippen LogP contribution in [0.2, 0.25) is 0 Å². The highest BCUT2D eigenvalue weighted by atomic mass is 19.3. The number of nitrogens with two attached hydrogens (primary N) is 2. The molecule has 0 saturated carbocycles. The van der Waals surface area contributed by atoms with E-state index in [1.54, 1.807) is 17.1 Å². The van der Waals surface area contributed by atoms with E-state index in [9.17, 15) is 13.6 Å². The van der Waals surface area contributed by atoms with Crippen LogP contribution >= 0.6 is 0 Å². The minimum Gasteiger partial charge on any atom is -0.398 e. The Morgan fingerprint density at radius 2 is 1.88 bits per heavy atom. The SMILES string of the molecule is Nc1cc(C(F)F)ccc1C(=O)N[C@H]1CCc2cc(-n3c(-c4cccnc4N)nc4ccc(-n5cccn5)nc43)ccc21. The number of carbonyl (C=O) groups excluding carboxylic acids is 1. The molecule has 5 N–H and O–H groups in total. The van der Waals surface area contributed by atoms with Crippen LogP contribution in [0.15, 0.2) is 85.3 Å². The second kappa shape index (κ2) is 10.3. The lowest BCUT2D eigenvalue weighted by atomic mass is 10.1. The molecular weight excluding hydrogens is 552 g/mol. The topological polar surface area (TPSA) is 143 Å². The van der Waals surface area contributed by atoms with Gasteiger partial charge in [0, 0.05) is 35.5 Å². The molecule has 6 aromatic rings. The Morgan fingerprint density at radius 3 is 2.65 bits per heavy atom. The van der Waals surface area contributed by atoms with E-state index in [1.807, 2.05) is 53.2 Å². The summed E-state index contributed by atoms with van der Waals surface area (Å²) in [5, 5.41) is 7.33. The first-order valence-electron chi connectivity index (χ1n) is 13.6. The van der Waals surface area contributed by atoms with E-state index in [2.05, 4.69) is 21.5 Å². The minimum atomic E-state index is -2.66. The number of nitrogens with one attached hydrogen (secondary N) is 1. The molecule has 0 spiro atoms. The smallest absolute Gasteiger partial charge is 0.263 e. The fourth-order valence-electron chi connectivity index (χ4n) is 5.56. The number of aromatic nitrogens is 6. The first-order chi connectivity index (χ1) is 20.9. The fraction of sp³-hybridized carbons (Fsp3) is 0.129. The lowest BCUT2D eigenvalue weighted by Gasteiger charge is -2.17. The van der Waals surface area contributed by atoms with Gasteiger partial charge in [0.25, 0.3) is 12.3 Å². The number of nitrogen functional groups attached to an aromatic ring is 2. The molecule has 0 saturated heterocycles. The Labute approximate surface area is 244 Å².